The van der Waals surface area contributed by atoms with Crippen LogP contribution in [0.5, 0.6) is 0 Å². The standard InChI is InChI=1S/C9H9BrN4OS/c10-5-1-2-16-7(5)4-14-3-6(11)8(13-14)9(12)15/h1-3H,4,11H2,(H2,12,15). The lowest BCUT2D eigenvalue weighted by Gasteiger charge is -1.98. The van der Waals surface area contributed by atoms with Crippen LogP contribution in [0, 0.1) is 0 Å². The molecule has 0 aliphatic rings. The first kappa shape index (κ1) is 11.2. The quantitative estimate of drug-likeness (QED) is 0.899. The first-order valence-corrected chi connectivity index (χ1v) is 6.10. The summed E-state index contributed by atoms with van der Waals surface area (Å²) in [5.74, 6) is -0.610. The van der Waals surface area contributed by atoms with Crippen LogP contribution in [-0.4, -0.2) is 15.7 Å². The zero-order valence-electron chi connectivity index (χ0n) is 8.18. The predicted octanol–water partition coefficient (Wildman–Crippen LogP) is 1.44. The van der Waals surface area contributed by atoms with Gasteiger partial charge in [-0.15, -0.1) is 11.3 Å². The topological polar surface area (TPSA) is 86.9 Å². The van der Waals surface area contributed by atoms with Gasteiger partial charge in [-0.1, -0.05) is 0 Å². The molecule has 4 N–H and O–H groups in total. The molecule has 0 bridgehead atoms. The minimum absolute atomic E-state index is 0.118. The summed E-state index contributed by atoms with van der Waals surface area (Å²) in [6.07, 6.45) is 1.60. The van der Waals surface area contributed by atoms with Crippen molar-refractivity contribution in [2.75, 3.05) is 5.73 Å². The number of halogens is 1. The van der Waals surface area contributed by atoms with Gasteiger partial charge in [-0.25, -0.2) is 0 Å². The Morgan fingerprint density at radius 3 is 2.88 bits per heavy atom. The number of hydrogen-bond donors (Lipinski definition) is 2. The van der Waals surface area contributed by atoms with Gasteiger partial charge in [0, 0.05) is 15.5 Å². The van der Waals surface area contributed by atoms with Crippen molar-refractivity contribution in [1.82, 2.24) is 9.78 Å². The lowest BCUT2D eigenvalue weighted by molar-refractivity contribution is 0.0995. The fourth-order valence-corrected chi connectivity index (χ4v) is 2.76. The Morgan fingerprint density at radius 1 is 1.62 bits per heavy atom. The van der Waals surface area contributed by atoms with E-state index in [1.807, 2.05) is 11.4 Å². The molecule has 0 aliphatic carbocycles. The number of thiophene rings is 1. The van der Waals surface area contributed by atoms with Gasteiger partial charge >= 0.3 is 0 Å². The van der Waals surface area contributed by atoms with Crippen molar-refractivity contribution >= 4 is 38.9 Å². The van der Waals surface area contributed by atoms with Crippen LogP contribution in [0.3, 0.4) is 0 Å². The monoisotopic (exact) mass is 300 g/mol. The summed E-state index contributed by atoms with van der Waals surface area (Å²) < 4.78 is 2.62. The number of nitrogens with two attached hydrogens (primary N) is 2. The molecule has 5 nitrogen and oxygen atoms in total. The van der Waals surface area contributed by atoms with Crippen molar-refractivity contribution in [3.8, 4) is 0 Å². The highest BCUT2D eigenvalue weighted by atomic mass is 79.9. The van der Waals surface area contributed by atoms with Crippen LogP contribution >= 0.6 is 27.3 Å². The summed E-state index contributed by atoms with van der Waals surface area (Å²) in [5.41, 5.74) is 11.2. The summed E-state index contributed by atoms with van der Waals surface area (Å²) in [6.45, 7) is 0.565. The SMILES string of the molecule is NC(=O)c1nn(Cc2sccc2Br)cc1N. The van der Waals surface area contributed by atoms with Crippen LogP contribution in [0.25, 0.3) is 0 Å². The fraction of sp³-hybridized carbons (Fsp3) is 0.111. The highest BCUT2D eigenvalue weighted by molar-refractivity contribution is 9.10. The van der Waals surface area contributed by atoms with E-state index < -0.39 is 5.91 Å². The number of amides is 1. The van der Waals surface area contributed by atoms with E-state index in [0.717, 1.165) is 9.35 Å². The van der Waals surface area contributed by atoms with Crippen molar-refractivity contribution in [1.29, 1.82) is 0 Å². The Bertz CT molecular complexity index is 533. The third kappa shape index (κ3) is 2.10. The number of primary amides is 1. The molecule has 0 fully saturated rings. The van der Waals surface area contributed by atoms with Gasteiger partial charge in [-0.05, 0) is 27.4 Å². The van der Waals surface area contributed by atoms with E-state index in [4.69, 9.17) is 11.5 Å². The number of nitrogens with zero attached hydrogens (tertiary/aromatic N) is 2. The molecule has 2 aromatic rings. The predicted molar refractivity (Wildman–Crippen MR) is 66.3 cm³/mol. The Balaban J connectivity index is 2.26. The van der Waals surface area contributed by atoms with Crippen molar-refractivity contribution < 1.29 is 4.79 Å². The molecule has 0 saturated heterocycles. The number of carbonyl (C=O) groups is 1. The first-order valence-electron chi connectivity index (χ1n) is 4.42. The second kappa shape index (κ2) is 4.26. The molecule has 0 unspecified atom stereocenters. The lowest BCUT2D eigenvalue weighted by atomic mass is 10.4. The average Bonchev–Trinajstić information content (AvgIpc) is 2.75. The largest absolute Gasteiger partial charge is 0.396 e. The minimum atomic E-state index is -0.610. The number of nitrogen functional groups attached to an aromatic ring is 1. The Kier molecular flexibility index (Phi) is 2.97. The molecule has 2 heterocycles. The van der Waals surface area contributed by atoms with E-state index in [9.17, 15) is 4.79 Å². The van der Waals surface area contributed by atoms with E-state index in [2.05, 4.69) is 21.0 Å². The summed E-state index contributed by atoms with van der Waals surface area (Å²) >= 11 is 5.03. The van der Waals surface area contributed by atoms with Crippen molar-refractivity contribution in [2.24, 2.45) is 5.73 Å². The number of rotatable bonds is 3. The third-order valence-electron chi connectivity index (χ3n) is 2.02. The van der Waals surface area contributed by atoms with Crippen LogP contribution in [0.2, 0.25) is 0 Å². The molecular formula is C9H9BrN4OS. The summed E-state index contributed by atoms with van der Waals surface area (Å²) in [4.78, 5) is 12.1. The van der Waals surface area contributed by atoms with Crippen molar-refractivity contribution in [3.05, 3.63) is 32.7 Å². The molecule has 0 saturated carbocycles. The van der Waals surface area contributed by atoms with E-state index in [-0.39, 0.29) is 5.69 Å². The summed E-state index contributed by atoms with van der Waals surface area (Å²) in [5, 5.41) is 6.00. The zero-order valence-corrected chi connectivity index (χ0v) is 10.6. The molecule has 0 aromatic carbocycles. The molecule has 16 heavy (non-hydrogen) atoms. The van der Waals surface area contributed by atoms with Gasteiger partial charge < -0.3 is 11.5 Å². The lowest BCUT2D eigenvalue weighted by Crippen LogP contribution is -2.14. The number of hydrogen-bond acceptors (Lipinski definition) is 4. The van der Waals surface area contributed by atoms with Crippen LogP contribution in [-0.2, 0) is 6.54 Å². The molecule has 1 amide bonds. The Hall–Kier alpha value is -1.34. The zero-order chi connectivity index (χ0) is 11.7. The molecule has 0 aliphatic heterocycles. The first-order chi connectivity index (χ1) is 7.58. The third-order valence-corrected chi connectivity index (χ3v) is 3.93. The molecular weight excluding hydrogens is 292 g/mol. The van der Waals surface area contributed by atoms with Gasteiger partial charge in [0.1, 0.15) is 0 Å². The number of carbonyl (C=O) groups excluding carboxylic acids is 1. The van der Waals surface area contributed by atoms with E-state index >= 15 is 0 Å². The van der Waals surface area contributed by atoms with Crippen LogP contribution in [0.4, 0.5) is 5.69 Å². The fourth-order valence-electron chi connectivity index (χ4n) is 1.29. The normalized spacial score (nSPS) is 10.6. The van der Waals surface area contributed by atoms with Crippen molar-refractivity contribution in [3.63, 3.8) is 0 Å². The van der Waals surface area contributed by atoms with Gasteiger partial charge in [0.25, 0.3) is 5.91 Å². The van der Waals surface area contributed by atoms with Crippen LogP contribution in [0.15, 0.2) is 22.1 Å². The minimum Gasteiger partial charge on any atom is -0.396 e. The summed E-state index contributed by atoms with van der Waals surface area (Å²) in [7, 11) is 0. The molecule has 0 spiro atoms. The Morgan fingerprint density at radius 2 is 2.38 bits per heavy atom. The van der Waals surface area contributed by atoms with Gasteiger partial charge in [0.05, 0.1) is 12.2 Å². The van der Waals surface area contributed by atoms with E-state index in [1.165, 1.54) is 0 Å². The molecule has 2 rings (SSSR count). The molecule has 7 heteroatoms. The van der Waals surface area contributed by atoms with Crippen LogP contribution in [0.1, 0.15) is 15.4 Å². The highest BCUT2D eigenvalue weighted by Gasteiger charge is 2.12. The number of aromatic nitrogens is 2. The average molecular weight is 301 g/mol. The Labute approximate surface area is 104 Å². The maximum atomic E-state index is 11.0. The highest BCUT2D eigenvalue weighted by Crippen LogP contribution is 2.23. The van der Waals surface area contributed by atoms with E-state index in [1.54, 1.807) is 22.2 Å². The molecule has 84 valence electrons. The maximum absolute atomic E-state index is 11.0. The molecule has 2 aromatic heterocycles. The second-order valence-corrected chi connectivity index (χ2v) is 5.04. The van der Waals surface area contributed by atoms with Crippen LogP contribution < -0.4 is 11.5 Å². The smallest absolute Gasteiger partial charge is 0.271 e. The maximum Gasteiger partial charge on any atom is 0.271 e. The van der Waals surface area contributed by atoms with E-state index in [0.29, 0.717) is 12.2 Å². The molecule has 0 atom stereocenters. The molecule has 0 radical (unpaired) electrons. The van der Waals surface area contributed by atoms with Gasteiger partial charge in [-0.3, -0.25) is 9.48 Å². The van der Waals surface area contributed by atoms with Gasteiger partial charge in [0.15, 0.2) is 5.69 Å². The van der Waals surface area contributed by atoms with Gasteiger partial charge in [0.2, 0.25) is 0 Å². The number of anilines is 1. The van der Waals surface area contributed by atoms with Gasteiger partial charge in [-0.2, -0.15) is 5.10 Å². The second-order valence-electron chi connectivity index (χ2n) is 3.19. The van der Waals surface area contributed by atoms with Crippen molar-refractivity contribution in [2.45, 2.75) is 6.54 Å². The summed E-state index contributed by atoms with van der Waals surface area (Å²) in [6, 6.07) is 1.96.